The molecule has 0 unspecified atom stereocenters. The maximum atomic E-state index is 12.7. The third kappa shape index (κ3) is 3.38. The molecule has 0 atom stereocenters. The first-order valence-electron chi connectivity index (χ1n) is 5.85. The third-order valence-electron chi connectivity index (χ3n) is 2.66. The Labute approximate surface area is 110 Å². The summed E-state index contributed by atoms with van der Waals surface area (Å²) < 4.78 is 14.3. The maximum absolute atomic E-state index is 12.7. The van der Waals surface area contributed by atoms with Crippen LogP contribution in [0.2, 0.25) is 0 Å². The van der Waals surface area contributed by atoms with Crippen LogP contribution in [0.1, 0.15) is 11.1 Å². The second-order valence-electron chi connectivity index (χ2n) is 4.23. The summed E-state index contributed by atoms with van der Waals surface area (Å²) >= 11 is 0. The van der Waals surface area contributed by atoms with Gasteiger partial charge < -0.3 is 11.1 Å². The van der Waals surface area contributed by atoms with Crippen LogP contribution in [-0.2, 0) is 24.8 Å². The van der Waals surface area contributed by atoms with Gasteiger partial charge in [0.05, 0.1) is 6.42 Å². The Morgan fingerprint density at radius 1 is 1.42 bits per heavy atom. The van der Waals surface area contributed by atoms with E-state index in [4.69, 9.17) is 5.73 Å². The van der Waals surface area contributed by atoms with E-state index >= 15 is 0 Å². The number of halogens is 1. The van der Waals surface area contributed by atoms with Gasteiger partial charge in [0, 0.05) is 25.4 Å². The van der Waals surface area contributed by atoms with Crippen molar-refractivity contribution >= 4 is 11.7 Å². The van der Waals surface area contributed by atoms with Crippen molar-refractivity contribution in [1.82, 2.24) is 9.78 Å². The number of aryl methyl sites for hydroxylation is 1. The van der Waals surface area contributed by atoms with Crippen molar-refractivity contribution in [3.8, 4) is 0 Å². The number of anilines is 1. The minimum atomic E-state index is -0.320. The Morgan fingerprint density at radius 2 is 2.11 bits per heavy atom. The summed E-state index contributed by atoms with van der Waals surface area (Å²) in [6, 6.07) is 5.82. The molecule has 0 fully saturated rings. The number of hydrogen-bond donors (Lipinski definition) is 2. The van der Waals surface area contributed by atoms with Crippen molar-refractivity contribution < 1.29 is 9.18 Å². The fraction of sp³-hybridized carbons (Fsp3) is 0.231. The number of aromatic nitrogens is 2. The van der Waals surface area contributed by atoms with Gasteiger partial charge in [0.15, 0.2) is 5.82 Å². The highest BCUT2D eigenvalue weighted by Crippen LogP contribution is 2.12. The second kappa shape index (κ2) is 5.62. The van der Waals surface area contributed by atoms with Gasteiger partial charge in [0.2, 0.25) is 5.91 Å². The summed E-state index contributed by atoms with van der Waals surface area (Å²) in [6.45, 7) is 0.306. The van der Waals surface area contributed by atoms with Gasteiger partial charge in [-0.2, -0.15) is 5.10 Å². The number of benzene rings is 1. The highest BCUT2D eigenvalue weighted by molar-refractivity contribution is 5.91. The highest BCUT2D eigenvalue weighted by atomic mass is 19.1. The number of hydrogen-bond acceptors (Lipinski definition) is 3. The Balaban J connectivity index is 2.03. The average molecular weight is 262 g/mol. The zero-order valence-electron chi connectivity index (χ0n) is 10.6. The van der Waals surface area contributed by atoms with Crippen molar-refractivity contribution in [2.45, 2.75) is 13.0 Å². The van der Waals surface area contributed by atoms with Crippen molar-refractivity contribution in [2.24, 2.45) is 12.8 Å². The van der Waals surface area contributed by atoms with Crippen LogP contribution in [0.5, 0.6) is 0 Å². The molecule has 5 nitrogen and oxygen atoms in total. The quantitative estimate of drug-likeness (QED) is 0.869. The predicted octanol–water partition coefficient (Wildman–Crippen LogP) is 1.20. The minimum Gasteiger partial charge on any atom is -0.326 e. The molecule has 0 aliphatic heterocycles. The van der Waals surface area contributed by atoms with Crippen LogP contribution in [0.15, 0.2) is 30.5 Å². The van der Waals surface area contributed by atoms with Gasteiger partial charge in [0.1, 0.15) is 5.82 Å². The van der Waals surface area contributed by atoms with Gasteiger partial charge in [-0.15, -0.1) is 0 Å². The van der Waals surface area contributed by atoms with Gasteiger partial charge in [-0.3, -0.25) is 9.48 Å². The minimum absolute atomic E-state index is 0.168. The number of nitrogens with zero attached hydrogens (tertiary/aromatic N) is 2. The zero-order chi connectivity index (χ0) is 13.8. The largest absolute Gasteiger partial charge is 0.326 e. The summed E-state index contributed by atoms with van der Waals surface area (Å²) in [5.74, 6) is -0.0589. The molecule has 1 heterocycles. The van der Waals surface area contributed by atoms with Crippen molar-refractivity contribution in [1.29, 1.82) is 0 Å². The first-order chi connectivity index (χ1) is 9.08. The molecular weight excluding hydrogens is 247 g/mol. The van der Waals surface area contributed by atoms with Crippen LogP contribution in [0.25, 0.3) is 0 Å². The Morgan fingerprint density at radius 3 is 2.74 bits per heavy atom. The Hall–Kier alpha value is -2.21. The molecule has 0 bridgehead atoms. The van der Waals surface area contributed by atoms with E-state index in [1.807, 2.05) is 0 Å². The van der Waals surface area contributed by atoms with Gasteiger partial charge in [-0.25, -0.2) is 4.39 Å². The maximum Gasteiger partial charge on any atom is 0.230 e. The first-order valence-corrected chi connectivity index (χ1v) is 5.85. The lowest BCUT2D eigenvalue weighted by atomic mass is 10.1. The van der Waals surface area contributed by atoms with Gasteiger partial charge in [0.25, 0.3) is 0 Å². The van der Waals surface area contributed by atoms with E-state index in [-0.39, 0.29) is 18.1 Å². The topological polar surface area (TPSA) is 72.9 Å². The highest BCUT2D eigenvalue weighted by Gasteiger charge is 2.10. The van der Waals surface area contributed by atoms with Gasteiger partial charge >= 0.3 is 0 Å². The van der Waals surface area contributed by atoms with Crippen LogP contribution in [0, 0.1) is 5.82 Å². The molecule has 3 N–H and O–H groups in total. The van der Waals surface area contributed by atoms with Crippen LogP contribution >= 0.6 is 0 Å². The monoisotopic (exact) mass is 262 g/mol. The Kier molecular flexibility index (Phi) is 3.91. The van der Waals surface area contributed by atoms with Crippen LogP contribution < -0.4 is 11.1 Å². The molecule has 1 aromatic carbocycles. The van der Waals surface area contributed by atoms with Crippen LogP contribution in [-0.4, -0.2) is 15.7 Å². The van der Waals surface area contributed by atoms with Crippen LogP contribution in [0.3, 0.4) is 0 Å². The molecular formula is C13H15FN4O. The molecule has 0 spiro atoms. The van der Waals surface area contributed by atoms with E-state index in [0.717, 1.165) is 11.1 Å². The molecule has 19 heavy (non-hydrogen) atoms. The first kappa shape index (κ1) is 13.2. The molecule has 0 saturated carbocycles. The summed E-state index contributed by atoms with van der Waals surface area (Å²) in [7, 11) is 1.76. The second-order valence-corrected chi connectivity index (χ2v) is 4.23. The van der Waals surface area contributed by atoms with Crippen LogP contribution in [0.4, 0.5) is 10.2 Å². The number of nitrogens with two attached hydrogens (primary N) is 1. The van der Waals surface area contributed by atoms with Gasteiger partial charge in [-0.05, 0) is 17.7 Å². The van der Waals surface area contributed by atoms with E-state index in [1.54, 1.807) is 30.1 Å². The third-order valence-corrected chi connectivity index (χ3v) is 2.66. The predicted molar refractivity (Wildman–Crippen MR) is 69.8 cm³/mol. The van der Waals surface area contributed by atoms with Crippen molar-refractivity contribution in [3.63, 3.8) is 0 Å². The average Bonchev–Trinajstić information content (AvgIpc) is 2.72. The molecule has 1 aromatic heterocycles. The number of amides is 1. The molecule has 0 aliphatic carbocycles. The normalized spacial score (nSPS) is 10.5. The number of rotatable bonds is 4. The molecule has 2 aromatic rings. The summed E-state index contributed by atoms with van der Waals surface area (Å²) in [6.07, 6.45) is 1.92. The molecule has 0 radical (unpaired) electrons. The molecule has 0 aliphatic rings. The number of carbonyl (C=O) groups is 1. The zero-order valence-corrected chi connectivity index (χ0v) is 10.6. The van der Waals surface area contributed by atoms with Gasteiger partial charge in [-0.1, -0.05) is 12.1 Å². The molecule has 1 amide bonds. The van der Waals surface area contributed by atoms with Crippen molar-refractivity contribution in [2.75, 3.05) is 5.32 Å². The molecule has 6 heteroatoms. The summed E-state index contributed by atoms with van der Waals surface area (Å²) in [4.78, 5) is 11.8. The number of carbonyl (C=O) groups excluding carboxylic acids is 1. The molecule has 0 saturated heterocycles. The smallest absolute Gasteiger partial charge is 0.230 e. The fourth-order valence-electron chi connectivity index (χ4n) is 1.76. The summed E-state index contributed by atoms with van der Waals surface area (Å²) in [5.41, 5.74) is 7.08. The number of nitrogens with one attached hydrogen (secondary N) is 1. The lowest BCUT2D eigenvalue weighted by Gasteiger charge is -2.04. The van der Waals surface area contributed by atoms with Crippen molar-refractivity contribution in [3.05, 3.63) is 47.4 Å². The van der Waals surface area contributed by atoms with E-state index in [0.29, 0.717) is 12.4 Å². The van der Waals surface area contributed by atoms with E-state index in [1.165, 1.54) is 12.1 Å². The van der Waals surface area contributed by atoms with E-state index in [2.05, 4.69) is 10.4 Å². The van der Waals surface area contributed by atoms with E-state index < -0.39 is 0 Å². The lowest BCUT2D eigenvalue weighted by molar-refractivity contribution is -0.115. The SMILES string of the molecule is Cn1cc(CN)c(NC(=O)Cc2ccc(F)cc2)n1. The fourth-order valence-corrected chi connectivity index (χ4v) is 1.76. The Bertz CT molecular complexity index is 577. The molecule has 100 valence electrons. The van der Waals surface area contributed by atoms with E-state index in [9.17, 15) is 9.18 Å². The molecule has 2 rings (SSSR count). The lowest BCUT2D eigenvalue weighted by Crippen LogP contribution is -2.16. The standard InChI is InChI=1S/C13H15FN4O/c1-18-8-10(7-15)13(17-18)16-12(19)6-9-2-4-11(14)5-3-9/h2-5,8H,6-7,15H2,1H3,(H,16,17,19). The summed E-state index contributed by atoms with van der Waals surface area (Å²) in [5, 5.41) is 6.82.